The Balaban J connectivity index is 1.58. The van der Waals surface area contributed by atoms with Crippen molar-refractivity contribution in [2.24, 2.45) is 0 Å². The molecule has 5 aromatic rings. The monoisotopic (exact) mass is 422 g/mol. The van der Waals surface area contributed by atoms with Gasteiger partial charge in [-0.3, -0.25) is 4.79 Å². The van der Waals surface area contributed by atoms with Gasteiger partial charge in [-0.05, 0) is 35.9 Å². The molecule has 0 aliphatic rings. The van der Waals surface area contributed by atoms with Gasteiger partial charge >= 0.3 is 0 Å². The highest BCUT2D eigenvalue weighted by molar-refractivity contribution is 5.94. The Kier molecular flexibility index (Phi) is 5.17. The smallest absolute Gasteiger partial charge is 0.270 e. The fourth-order valence-electron chi connectivity index (χ4n) is 3.52. The van der Waals surface area contributed by atoms with Gasteiger partial charge in [0.2, 0.25) is 0 Å². The lowest BCUT2D eigenvalue weighted by Gasteiger charge is -2.09. The second kappa shape index (κ2) is 8.43. The van der Waals surface area contributed by atoms with Gasteiger partial charge in [0.1, 0.15) is 11.5 Å². The highest BCUT2D eigenvalue weighted by Crippen LogP contribution is 2.24. The molecule has 1 amide bonds. The van der Waals surface area contributed by atoms with E-state index >= 15 is 0 Å². The van der Waals surface area contributed by atoms with Gasteiger partial charge in [0.05, 0.1) is 11.4 Å². The molecule has 0 saturated carbocycles. The summed E-state index contributed by atoms with van der Waals surface area (Å²) in [6.07, 6.45) is 0. The first-order valence-corrected chi connectivity index (χ1v) is 10.2. The van der Waals surface area contributed by atoms with Gasteiger partial charge < -0.3 is 5.32 Å². The number of fused-ring (bicyclic) bond motifs is 1. The number of carbonyl (C=O) groups is 1. The number of amides is 1. The Morgan fingerprint density at radius 1 is 0.812 bits per heavy atom. The van der Waals surface area contributed by atoms with Gasteiger partial charge in [0, 0.05) is 23.7 Å². The zero-order valence-corrected chi connectivity index (χ0v) is 17.1. The number of nitrogens with one attached hydrogen (secondary N) is 1. The minimum atomic E-state index is -0.327. The largest absolute Gasteiger partial charge is 0.347 e. The molecule has 2 aromatic heterocycles. The SMILES string of the molecule is O=C(NCc1ccccc1)c1cc(-c2ccc(F)cc2)nc2cc(-c3ccccc3)nn12. The van der Waals surface area contributed by atoms with Crippen molar-refractivity contribution < 1.29 is 9.18 Å². The first-order chi connectivity index (χ1) is 15.7. The minimum Gasteiger partial charge on any atom is -0.347 e. The number of rotatable bonds is 5. The highest BCUT2D eigenvalue weighted by atomic mass is 19.1. The summed E-state index contributed by atoms with van der Waals surface area (Å²) < 4.78 is 15.0. The Morgan fingerprint density at radius 2 is 1.47 bits per heavy atom. The standard InChI is InChI=1S/C26H19FN4O/c27-21-13-11-20(12-14-21)22-15-24(26(32)28-17-18-7-3-1-4-8-18)31-25(29-22)16-23(30-31)19-9-5-2-6-10-19/h1-16H,17H2,(H,28,32). The van der Waals surface area contributed by atoms with E-state index in [4.69, 9.17) is 0 Å². The van der Waals surface area contributed by atoms with E-state index in [1.807, 2.05) is 66.7 Å². The molecule has 0 saturated heterocycles. The molecule has 0 fully saturated rings. The summed E-state index contributed by atoms with van der Waals surface area (Å²) >= 11 is 0. The fraction of sp³-hybridized carbons (Fsp3) is 0.0385. The van der Waals surface area contributed by atoms with Crippen molar-refractivity contribution in [1.29, 1.82) is 0 Å². The van der Waals surface area contributed by atoms with Crippen LogP contribution >= 0.6 is 0 Å². The first-order valence-electron chi connectivity index (χ1n) is 10.2. The van der Waals surface area contributed by atoms with Crippen LogP contribution in [0.25, 0.3) is 28.2 Å². The quantitative estimate of drug-likeness (QED) is 0.427. The van der Waals surface area contributed by atoms with Crippen molar-refractivity contribution in [2.45, 2.75) is 6.54 Å². The van der Waals surface area contributed by atoms with Crippen molar-refractivity contribution in [3.63, 3.8) is 0 Å². The average Bonchev–Trinajstić information content (AvgIpc) is 3.28. The molecule has 5 rings (SSSR count). The minimum absolute atomic E-state index is 0.271. The number of benzene rings is 3. The van der Waals surface area contributed by atoms with Crippen molar-refractivity contribution in [3.05, 3.63) is 114 Å². The van der Waals surface area contributed by atoms with Gasteiger partial charge in [-0.2, -0.15) is 5.10 Å². The summed E-state index contributed by atoms with van der Waals surface area (Å²) in [6.45, 7) is 0.391. The van der Waals surface area contributed by atoms with Crippen molar-refractivity contribution in [3.8, 4) is 22.5 Å². The molecule has 0 aliphatic heterocycles. The lowest BCUT2D eigenvalue weighted by atomic mass is 10.1. The molecule has 0 radical (unpaired) electrons. The molecule has 156 valence electrons. The van der Waals surface area contributed by atoms with E-state index in [-0.39, 0.29) is 11.7 Å². The van der Waals surface area contributed by atoms with E-state index in [1.54, 1.807) is 22.7 Å². The molecule has 0 aliphatic carbocycles. The number of hydrogen-bond donors (Lipinski definition) is 1. The van der Waals surface area contributed by atoms with Gasteiger partial charge in [-0.1, -0.05) is 60.7 Å². The molecule has 0 atom stereocenters. The molecule has 1 N–H and O–H groups in total. The third-order valence-electron chi connectivity index (χ3n) is 5.17. The molecular formula is C26H19FN4O. The second-order valence-corrected chi connectivity index (χ2v) is 7.37. The van der Waals surface area contributed by atoms with Gasteiger partial charge in [0.15, 0.2) is 5.65 Å². The molecule has 32 heavy (non-hydrogen) atoms. The first kappa shape index (κ1) is 19.6. The van der Waals surface area contributed by atoms with Gasteiger partial charge in [-0.15, -0.1) is 0 Å². The van der Waals surface area contributed by atoms with Crippen LogP contribution in [-0.4, -0.2) is 20.5 Å². The number of nitrogens with zero attached hydrogens (tertiary/aromatic N) is 3. The molecule has 0 bridgehead atoms. The zero-order chi connectivity index (χ0) is 21.9. The second-order valence-electron chi connectivity index (χ2n) is 7.37. The van der Waals surface area contributed by atoms with E-state index in [9.17, 15) is 9.18 Å². The molecule has 5 nitrogen and oxygen atoms in total. The highest BCUT2D eigenvalue weighted by Gasteiger charge is 2.17. The molecule has 3 aromatic carbocycles. The summed E-state index contributed by atoms with van der Waals surface area (Å²) in [4.78, 5) is 17.8. The van der Waals surface area contributed by atoms with E-state index < -0.39 is 0 Å². The third-order valence-corrected chi connectivity index (χ3v) is 5.17. The number of carbonyl (C=O) groups excluding carboxylic acids is 1. The topological polar surface area (TPSA) is 59.3 Å². The maximum Gasteiger partial charge on any atom is 0.270 e. The summed E-state index contributed by atoms with van der Waals surface area (Å²) in [6, 6.07) is 29.0. The van der Waals surface area contributed by atoms with Gasteiger partial charge in [0.25, 0.3) is 5.91 Å². The lowest BCUT2D eigenvalue weighted by molar-refractivity contribution is 0.0943. The summed E-state index contributed by atoms with van der Waals surface area (Å²) in [7, 11) is 0. The predicted octanol–water partition coefficient (Wildman–Crippen LogP) is 5.13. The Morgan fingerprint density at radius 3 is 2.19 bits per heavy atom. The van der Waals surface area contributed by atoms with E-state index in [0.29, 0.717) is 34.8 Å². The number of hydrogen-bond acceptors (Lipinski definition) is 3. The lowest BCUT2D eigenvalue weighted by Crippen LogP contribution is -2.25. The van der Waals surface area contributed by atoms with Crippen LogP contribution < -0.4 is 5.32 Å². The van der Waals surface area contributed by atoms with Crippen LogP contribution in [0.15, 0.2) is 97.1 Å². The maximum atomic E-state index is 13.4. The predicted molar refractivity (Wildman–Crippen MR) is 121 cm³/mol. The summed E-state index contributed by atoms with van der Waals surface area (Å²) in [5.41, 5.74) is 4.82. The van der Waals surface area contributed by atoms with Crippen LogP contribution in [-0.2, 0) is 6.54 Å². The van der Waals surface area contributed by atoms with Crippen molar-refractivity contribution >= 4 is 11.6 Å². The fourth-order valence-corrected chi connectivity index (χ4v) is 3.52. The van der Waals surface area contributed by atoms with Crippen molar-refractivity contribution in [2.75, 3.05) is 0 Å². The van der Waals surface area contributed by atoms with E-state index in [0.717, 1.165) is 11.1 Å². The Labute approximate surface area is 184 Å². The molecule has 0 spiro atoms. The normalized spacial score (nSPS) is 10.9. The third kappa shape index (κ3) is 3.98. The number of aromatic nitrogens is 3. The summed E-state index contributed by atoms with van der Waals surface area (Å²) in [5.74, 6) is -0.598. The molecule has 0 unspecified atom stereocenters. The van der Waals surface area contributed by atoms with E-state index in [2.05, 4.69) is 15.4 Å². The summed E-state index contributed by atoms with van der Waals surface area (Å²) in [5, 5.41) is 7.60. The van der Waals surface area contributed by atoms with Gasteiger partial charge in [-0.25, -0.2) is 13.9 Å². The van der Waals surface area contributed by atoms with Crippen LogP contribution in [0.4, 0.5) is 4.39 Å². The zero-order valence-electron chi connectivity index (χ0n) is 17.1. The van der Waals surface area contributed by atoms with Crippen LogP contribution in [0.5, 0.6) is 0 Å². The van der Waals surface area contributed by atoms with E-state index in [1.165, 1.54) is 12.1 Å². The van der Waals surface area contributed by atoms with Crippen LogP contribution in [0, 0.1) is 5.82 Å². The van der Waals surface area contributed by atoms with Crippen LogP contribution in [0.1, 0.15) is 16.1 Å². The van der Waals surface area contributed by atoms with Crippen LogP contribution in [0.3, 0.4) is 0 Å². The molecule has 2 heterocycles. The molecular weight excluding hydrogens is 403 g/mol. The Bertz CT molecular complexity index is 1380. The number of halogens is 1. The average molecular weight is 422 g/mol. The van der Waals surface area contributed by atoms with Crippen LogP contribution in [0.2, 0.25) is 0 Å². The Hall–Kier alpha value is -4.32. The molecule has 6 heteroatoms. The van der Waals surface area contributed by atoms with Crippen molar-refractivity contribution in [1.82, 2.24) is 19.9 Å². The maximum absolute atomic E-state index is 13.4.